The minimum absolute atomic E-state index is 0.291. The van der Waals surface area contributed by atoms with Gasteiger partial charge in [0, 0.05) is 31.6 Å². The maximum Gasteiger partial charge on any atom is 0.322 e. The number of para-hydroxylation sites is 1. The number of amides is 1. The van der Waals surface area contributed by atoms with Crippen LogP contribution in [0.25, 0.3) is 22.0 Å². The van der Waals surface area contributed by atoms with Crippen molar-refractivity contribution < 1.29 is 24.2 Å². The normalized spacial score (nSPS) is 18.4. The fraction of sp³-hybridized carbons (Fsp3) is 0.314. The molecule has 3 N–H and O–H groups in total. The van der Waals surface area contributed by atoms with E-state index in [-0.39, 0.29) is 0 Å². The van der Waals surface area contributed by atoms with E-state index in [4.69, 9.17) is 15.5 Å². The van der Waals surface area contributed by atoms with E-state index in [1.165, 1.54) is 7.11 Å². The van der Waals surface area contributed by atoms with Gasteiger partial charge in [0.05, 0.1) is 12.6 Å². The first-order valence-corrected chi connectivity index (χ1v) is 15.0. The molecule has 44 heavy (non-hydrogen) atoms. The first-order valence-electron chi connectivity index (χ1n) is 15.0. The zero-order chi connectivity index (χ0) is 30.8. The highest BCUT2D eigenvalue weighted by molar-refractivity contribution is 6.06. The van der Waals surface area contributed by atoms with Crippen LogP contribution in [0.3, 0.4) is 0 Å². The van der Waals surface area contributed by atoms with Crippen molar-refractivity contribution in [3.63, 3.8) is 0 Å². The zero-order valence-corrected chi connectivity index (χ0v) is 24.7. The minimum atomic E-state index is -1.43. The number of nitrogens with two attached hydrogens (primary N) is 1. The summed E-state index contributed by atoms with van der Waals surface area (Å²) in [6.45, 7) is 4.38. The van der Waals surface area contributed by atoms with E-state index in [2.05, 4.69) is 28.0 Å². The van der Waals surface area contributed by atoms with Gasteiger partial charge in [0.25, 0.3) is 0 Å². The Balaban J connectivity index is 1.18. The molecule has 1 aromatic heterocycles. The smallest absolute Gasteiger partial charge is 0.322 e. The molecule has 1 aliphatic heterocycles. The van der Waals surface area contributed by atoms with Crippen LogP contribution in [0.2, 0.25) is 0 Å². The highest BCUT2D eigenvalue weighted by Crippen LogP contribution is 2.54. The van der Waals surface area contributed by atoms with E-state index in [1.807, 2.05) is 48.5 Å². The molecular formula is C35H36N4O5. The summed E-state index contributed by atoms with van der Waals surface area (Å²) >= 11 is 0. The highest BCUT2D eigenvalue weighted by Gasteiger charge is 2.51. The number of aliphatic carboxylic acids is 1. The number of unbranched alkanes of at least 4 members (excludes halogenated alkanes) is 1. The lowest BCUT2D eigenvalue weighted by molar-refractivity contribution is -0.146. The Morgan fingerprint density at radius 1 is 0.909 bits per heavy atom. The summed E-state index contributed by atoms with van der Waals surface area (Å²) in [6.07, 6.45) is 1.76. The lowest BCUT2D eigenvalue weighted by Gasteiger charge is -2.36. The number of ether oxygens (including phenoxy) is 1. The number of pyridine rings is 1. The van der Waals surface area contributed by atoms with Crippen molar-refractivity contribution >= 4 is 34.6 Å². The number of aromatic nitrogens is 1. The molecule has 2 atom stereocenters. The van der Waals surface area contributed by atoms with Crippen molar-refractivity contribution in [2.75, 3.05) is 44.7 Å². The number of hydrogen-bond donors (Lipinski definition) is 2. The number of carboxylic acid groups (broad SMARTS) is 1. The standard InChI is InChI=1S/C35H36N4O5/c1-44-33(41)30(32(36)40)26-12-8-11-25-24-10-3-4-13-27(24)35(31(25)26,34(42)43)17-6-7-18-38-19-21-39(22-20-38)29-16-15-23-9-2-5-14-28(23)37-29/h2-5,8-16,30H,6-7,17-22H2,1H3,(H2,36,40)(H,42,43). The molecule has 2 unspecified atom stereocenters. The number of carbonyl (C=O) groups is 3. The van der Waals surface area contributed by atoms with Crippen LogP contribution in [0.15, 0.2) is 78.9 Å². The van der Waals surface area contributed by atoms with Crippen molar-refractivity contribution in [2.24, 2.45) is 5.73 Å². The number of carboxylic acids is 1. The number of piperazine rings is 1. The number of rotatable bonds is 10. The molecule has 0 radical (unpaired) electrons. The second kappa shape index (κ2) is 12.1. The van der Waals surface area contributed by atoms with Gasteiger partial charge in [0.15, 0.2) is 5.92 Å². The molecule has 4 aromatic rings. The van der Waals surface area contributed by atoms with Gasteiger partial charge in [-0.25, -0.2) is 4.98 Å². The number of primary amides is 1. The summed E-state index contributed by atoms with van der Waals surface area (Å²) in [5, 5.41) is 12.0. The number of fused-ring (bicyclic) bond motifs is 4. The number of benzene rings is 3. The zero-order valence-electron chi connectivity index (χ0n) is 24.7. The summed E-state index contributed by atoms with van der Waals surface area (Å²) in [7, 11) is 1.19. The largest absolute Gasteiger partial charge is 0.480 e. The predicted octanol–water partition coefficient (Wildman–Crippen LogP) is 4.32. The van der Waals surface area contributed by atoms with Crippen LogP contribution in [0, 0.1) is 0 Å². The van der Waals surface area contributed by atoms with E-state index in [0.29, 0.717) is 35.1 Å². The van der Waals surface area contributed by atoms with Gasteiger partial charge in [-0.3, -0.25) is 19.3 Å². The molecule has 1 saturated heterocycles. The number of esters is 1. The van der Waals surface area contributed by atoms with Gasteiger partial charge in [0.1, 0.15) is 11.2 Å². The van der Waals surface area contributed by atoms with Gasteiger partial charge >= 0.3 is 11.9 Å². The summed E-state index contributed by atoms with van der Waals surface area (Å²) < 4.78 is 4.91. The number of nitrogens with zero attached hydrogens (tertiary/aromatic N) is 3. The van der Waals surface area contributed by atoms with Gasteiger partial charge < -0.3 is 20.5 Å². The van der Waals surface area contributed by atoms with E-state index in [9.17, 15) is 19.5 Å². The number of anilines is 1. The highest BCUT2D eigenvalue weighted by atomic mass is 16.5. The third kappa shape index (κ3) is 5.07. The van der Waals surface area contributed by atoms with Crippen LogP contribution in [-0.2, 0) is 24.5 Å². The van der Waals surface area contributed by atoms with Crippen LogP contribution >= 0.6 is 0 Å². The van der Waals surface area contributed by atoms with Crippen molar-refractivity contribution in [1.82, 2.24) is 9.88 Å². The molecule has 0 spiro atoms. The molecule has 3 aromatic carbocycles. The lowest BCUT2D eigenvalue weighted by atomic mass is 9.71. The van der Waals surface area contributed by atoms with Gasteiger partial charge in [-0.05, 0) is 65.4 Å². The fourth-order valence-electron chi connectivity index (χ4n) is 7.00. The van der Waals surface area contributed by atoms with Crippen LogP contribution in [0.4, 0.5) is 5.82 Å². The first-order chi connectivity index (χ1) is 21.3. The molecule has 9 nitrogen and oxygen atoms in total. The SMILES string of the molecule is COC(=O)C(C(N)=O)c1cccc2c1C(CCCCN1CCN(c3ccc4ccccc4n3)CC1)(C(=O)O)c1ccccc1-2. The Morgan fingerprint density at radius 3 is 2.39 bits per heavy atom. The van der Waals surface area contributed by atoms with Crippen LogP contribution < -0.4 is 10.6 Å². The van der Waals surface area contributed by atoms with Gasteiger partial charge in [-0.2, -0.15) is 0 Å². The summed E-state index contributed by atoms with van der Waals surface area (Å²) in [6, 6.07) is 25.0. The maximum atomic E-state index is 13.3. The summed E-state index contributed by atoms with van der Waals surface area (Å²) in [4.78, 5) is 48.1. The van der Waals surface area contributed by atoms with E-state index in [0.717, 1.165) is 61.4 Å². The van der Waals surface area contributed by atoms with E-state index >= 15 is 0 Å². The van der Waals surface area contributed by atoms with Crippen LogP contribution in [0.5, 0.6) is 0 Å². The quantitative estimate of drug-likeness (QED) is 0.158. The number of hydrogen-bond acceptors (Lipinski definition) is 7. The Bertz CT molecular complexity index is 1730. The predicted molar refractivity (Wildman–Crippen MR) is 168 cm³/mol. The molecule has 2 aliphatic rings. The van der Waals surface area contributed by atoms with Gasteiger partial charge in [0.2, 0.25) is 5.91 Å². The summed E-state index contributed by atoms with van der Waals surface area (Å²) in [5.74, 6) is -3.11. The molecule has 0 bridgehead atoms. The third-order valence-corrected chi connectivity index (χ3v) is 9.15. The number of carbonyl (C=O) groups excluding carboxylic acids is 2. The fourth-order valence-corrected chi connectivity index (χ4v) is 7.00. The molecule has 9 heteroatoms. The average Bonchev–Trinajstić information content (AvgIpc) is 3.34. The molecule has 226 valence electrons. The second-order valence-electron chi connectivity index (χ2n) is 11.5. The molecule has 0 saturated carbocycles. The minimum Gasteiger partial charge on any atom is -0.480 e. The first kappa shape index (κ1) is 29.3. The maximum absolute atomic E-state index is 13.3. The third-order valence-electron chi connectivity index (χ3n) is 9.15. The Kier molecular flexibility index (Phi) is 8.05. The molecular weight excluding hydrogens is 556 g/mol. The monoisotopic (exact) mass is 592 g/mol. The van der Waals surface area contributed by atoms with Crippen molar-refractivity contribution in [2.45, 2.75) is 30.6 Å². The lowest BCUT2D eigenvalue weighted by Crippen LogP contribution is -2.47. The summed E-state index contributed by atoms with van der Waals surface area (Å²) in [5.41, 5.74) is 8.16. The number of methoxy groups -OCH3 is 1. The topological polar surface area (TPSA) is 126 Å². The van der Waals surface area contributed by atoms with Crippen molar-refractivity contribution in [3.8, 4) is 11.1 Å². The molecule has 6 rings (SSSR count). The van der Waals surface area contributed by atoms with E-state index in [1.54, 1.807) is 12.1 Å². The van der Waals surface area contributed by atoms with Crippen molar-refractivity contribution in [1.29, 1.82) is 0 Å². The second-order valence-corrected chi connectivity index (χ2v) is 11.5. The van der Waals surface area contributed by atoms with Crippen LogP contribution in [0.1, 0.15) is 41.9 Å². The van der Waals surface area contributed by atoms with E-state index < -0.39 is 29.2 Å². The average molecular weight is 593 g/mol. The Hall–Kier alpha value is -4.76. The Labute approximate surface area is 256 Å². The molecule has 1 amide bonds. The van der Waals surface area contributed by atoms with Crippen LogP contribution in [-0.4, -0.2) is 72.7 Å². The molecule has 1 fully saturated rings. The molecule has 1 aliphatic carbocycles. The molecule has 2 heterocycles. The van der Waals surface area contributed by atoms with Gasteiger partial charge in [-0.1, -0.05) is 67.1 Å². The Morgan fingerprint density at radius 2 is 1.64 bits per heavy atom. The van der Waals surface area contributed by atoms with Gasteiger partial charge in [-0.15, -0.1) is 0 Å². The van der Waals surface area contributed by atoms with Crippen molar-refractivity contribution in [3.05, 3.63) is 95.6 Å².